The first kappa shape index (κ1) is 14.2. The van der Waals surface area contributed by atoms with Crippen molar-refractivity contribution in [2.24, 2.45) is 0 Å². The van der Waals surface area contributed by atoms with Gasteiger partial charge >= 0.3 is 0 Å². The minimum atomic E-state index is 0.0696. The molecule has 1 atom stereocenters. The first-order chi connectivity index (χ1) is 8.13. The third-order valence-electron chi connectivity index (χ3n) is 2.70. The summed E-state index contributed by atoms with van der Waals surface area (Å²) in [6.45, 7) is 2.81. The van der Waals surface area contributed by atoms with E-state index in [2.05, 4.69) is 33.5 Å². The summed E-state index contributed by atoms with van der Waals surface area (Å²) >= 11 is 3.44. The van der Waals surface area contributed by atoms with E-state index in [1.54, 1.807) is 0 Å². The number of carbonyl (C=O) groups excluding carboxylic acids is 1. The zero-order chi connectivity index (χ0) is 12.7. The van der Waals surface area contributed by atoms with Crippen LogP contribution in [0.3, 0.4) is 0 Å². The number of hydrogen-bond donors (Lipinski definition) is 2. The lowest BCUT2D eigenvalue weighted by Gasteiger charge is -2.11. The lowest BCUT2D eigenvalue weighted by molar-refractivity contribution is -0.120. The third-order valence-corrected chi connectivity index (χ3v) is 3.47. The van der Waals surface area contributed by atoms with Crippen LogP contribution in [0.4, 0.5) is 0 Å². The molecule has 1 amide bonds. The lowest BCUT2D eigenvalue weighted by atomic mass is 10.1. The average molecular weight is 299 g/mol. The van der Waals surface area contributed by atoms with Gasteiger partial charge in [0.1, 0.15) is 0 Å². The van der Waals surface area contributed by atoms with E-state index < -0.39 is 0 Å². The van der Waals surface area contributed by atoms with Crippen molar-refractivity contribution in [3.8, 4) is 0 Å². The van der Waals surface area contributed by atoms with Crippen LogP contribution in [0.2, 0.25) is 0 Å². The molecule has 0 heterocycles. The molecule has 0 aromatic heterocycles. The molecule has 0 radical (unpaired) electrons. The summed E-state index contributed by atoms with van der Waals surface area (Å²) in [4.78, 5) is 11.7. The highest BCUT2D eigenvalue weighted by Gasteiger charge is 2.06. The zero-order valence-electron chi connectivity index (χ0n) is 10.3. The maximum absolute atomic E-state index is 11.7. The summed E-state index contributed by atoms with van der Waals surface area (Å²) in [5.74, 6) is 0.0696. The second-order valence-corrected chi connectivity index (χ2v) is 4.95. The van der Waals surface area contributed by atoms with Gasteiger partial charge in [0, 0.05) is 17.1 Å². The second kappa shape index (κ2) is 7.45. The summed E-state index contributed by atoms with van der Waals surface area (Å²) in [5.41, 5.74) is 1.02. The number of benzene rings is 1. The molecule has 0 aliphatic carbocycles. The van der Waals surface area contributed by atoms with Gasteiger partial charge in [-0.2, -0.15) is 0 Å². The van der Waals surface area contributed by atoms with E-state index in [4.69, 9.17) is 0 Å². The van der Waals surface area contributed by atoms with Crippen molar-refractivity contribution in [1.29, 1.82) is 0 Å². The molecule has 1 aromatic carbocycles. The van der Waals surface area contributed by atoms with Crippen LogP contribution in [-0.4, -0.2) is 25.5 Å². The number of carbonyl (C=O) groups is 1. The Labute approximate surface area is 111 Å². The Morgan fingerprint density at radius 1 is 1.41 bits per heavy atom. The second-order valence-electron chi connectivity index (χ2n) is 4.10. The number of halogens is 1. The smallest absolute Gasteiger partial charge is 0.224 e. The Morgan fingerprint density at radius 3 is 2.76 bits per heavy atom. The molecule has 0 spiro atoms. The largest absolute Gasteiger partial charge is 0.356 e. The average Bonchev–Trinajstić information content (AvgIpc) is 2.32. The van der Waals surface area contributed by atoms with Crippen molar-refractivity contribution in [3.05, 3.63) is 34.3 Å². The maximum atomic E-state index is 11.7. The van der Waals surface area contributed by atoms with Crippen molar-refractivity contribution in [2.75, 3.05) is 13.6 Å². The molecule has 94 valence electrons. The van der Waals surface area contributed by atoms with Crippen LogP contribution in [0.5, 0.6) is 0 Å². The fourth-order valence-corrected chi connectivity index (χ4v) is 1.87. The fourth-order valence-electron chi connectivity index (χ4n) is 1.45. The standard InChI is InChI=1S/C13H19BrN2O/c1-10(15-2)7-8-16-13(17)9-11-5-3-4-6-12(11)14/h3-6,10,15H,7-9H2,1-2H3,(H,16,17)/t10-/m0/s1. The van der Waals surface area contributed by atoms with Crippen molar-refractivity contribution in [1.82, 2.24) is 10.6 Å². The van der Waals surface area contributed by atoms with E-state index in [1.807, 2.05) is 31.3 Å². The molecule has 1 rings (SSSR count). The Hall–Kier alpha value is -0.870. The van der Waals surface area contributed by atoms with Gasteiger partial charge < -0.3 is 10.6 Å². The molecule has 3 nitrogen and oxygen atoms in total. The van der Waals surface area contributed by atoms with Crippen LogP contribution in [-0.2, 0) is 11.2 Å². The predicted octanol–water partition coefficient (Wildman–Crippen LogP) is 2.11. The highest BCUT2D eigenvalue weighted by Crippen LogP contribution is 2.15. The van der Waals surface area contributed by atoms with E-state index >= 15 is 0 Å². The topological polar surface area (TPSA) is 41.1 Å². The minimum absolute atomic E-state index is 0.0696. The molecule has 0 aliphatic rings. The molecule has 0 bridgehead atoms. The van der Waals surface area contributed by atoms with Gasteiger partial charge in [-0.3, -0.25) is 4.79 Å². The van der Waals surface area contributed by atoms with Gasteiger partial charge in [-0.05, 0) is 32.0 Å². The quantitative estimate of drug-likeness (QED) is 0.844. The summed E-state index contributed by atoms with van der Waals surface area (Å²) in [6.07, 6.45) is 1.37. The number of hydrogen-bond acceptors (Lipinski definition) is 2. The van der Waals surface area contributed by atoms with Crippen LogP contribution in [0.1, 0.15) is 18.9 Å². The Morgan fingerprint density at radius 2 is 2.12 bits per heavy atom. The zero-order valence-corrected chi connectivity index (χ0v) is 11.9. The number of rotatable bonds is 6. The highest BCUT2D eigenvalue weighted by molar-refractivity contribution is 9.10. The molecule has 0 saturated carbocycles. The molecule has 0 unspecified atom stereocenters. The van der Waals surface area contributed by atoms with Crippen molar-refractivity contribution >= 4 is 21.8 Å². The van der Waals surface area contributed by atoms with Crippen molar-refractivity contribution in [2.45, 2.75) is 25.8 Å². The molecule has 2 N–H and O–H groups in total. The van der Waals surface area contributed by atoms with E-state index in [1.165, 1.54) is 0 Å². The molecular weight excluding hydrogens is 280 g/mol. The summed E-state index contributed by atoms with van der Waals surface area (Å²) < 4.78 is 0.985. The molecule has 1 aromatic rings. The fraction of sp³-hybridized carbons (Fsp3) is 0.462. The van der Waals surface area contributed by atoms with Crippen LogP contribution < -0.4 is 10.6 Å². The Balaban J connectivity index is 2.33. The first-order valence-corrected chi connectivity index (χ1v) is 6.60. The van der Waals surface area contributed by atoms with E-state index in [0.29, 0.717) is 19.0 Å². The van der Waals surface area contributed by atoms with Gasteiger partial charge in [0.05, 0.1) is 6.42 Å². The number of nitrogens with one attached hydrogen (secondary N) is 2. The first-order valence-electron chi connectivity index (χ1n) is 5.81. The Kier molecular flexibility index (Phi) is 6.22. The van der Waals surface area contributed by atoms with Crippen molar-refractivity contribution < 1.29 is 4.79 Å². The maximum Gasteiger partial charge on any atom is 0.224 e. The lowest BCUT2D eigenvalue weighted by Crippen LogP contribution is -2.31. The molecular formula is C13H19BrN2O. The number of amides is 1. The summed E-state index contributed by atoms with van der Waals surface area (Å²) in [6, 6.07) is 8.22. The summed E-state index contributed by atoms with van der Waals surface area (Å²) in [7, 11) is 1.92. The van der Waals surface area contributed by atoms with Gasteiger partial charge in [0.25, 0.3) is 0 Å². The monoisotopic (exact) mass is 298 g/mol. The van der Waals surface area contributed by atoms with Gasteiger partial charge in [0.2, 0.25) is 5.91 Å². The van der Waals surface area contributed by atoms with Gasteiger partial charge in [-0.1, -0.05) is 34.1 Å². The van der Waals surface area contributed by atoms with Gasteiger partial charge in [-0.15, -0.1) is 0 Å². The molecule has 0 fully saturated rings. The SMILES string of the molecule is CN[C@@H](C)CCNC(=O)Cc1ccccc1Br. The predicted molar refractivity (Wildman–Crippen MR) is 74.0 cm³/mol. The van der Waals surface area contributed by atoms with Crippen LogP contribution in [0, 0.1) is 0 Å². The van der Waals surface area contributed by atoms with Gasteiger partial charge in [0.15, 0.2) is 0 Å². The van der Waals surface area contributed by atoms with E-state index in [-0.39, 0.29) is 5.91 Å². The Bertz CT molecular complexity index is 368. The normalized spacial score (nSPS) is 12.2. The third kappa shape index (κ3) is 5.33. The summed E-state index contributed by atoms with van der Waals surface area (Å²) in [5, 5.41) is 6.06. The van der Waals surface area contributed by atoms with Crippen LogP contribution in [0.25, 0.3) is 0 Å². The van der Waals surface area contributed by atoms with Gasteiger partial charge in [-0.25, -0.2) is 0 Å². The molecule has 0 aliphatic heterocycles. The highest BCUT2D eigenvalue weighted by atomic mass is 79.9. The minimum Gasteiger partial charge on any atom is -0.356 e. The molecule has 0 saturated heterocycles. The molecule has 17 heavy (non-hydrogen) atoms. The van der Waals surface area contributed by atoms with E-state index in [0.717, 1.165) is 16.5 Å². The molecule has 4 heteroatoms. The van der Waals surface area contributed by atoms with E-state index in [9.17, 15) is 4.79 Å². The van der Waals surface area contributed by atoms with Crippen LogP contribution >= 0.6 is 15.9 Å². The van der Waals surface area contributed by atoms with Crippen LogP contribution in [0.15, 0.2) is 28.7 Å². The van der Waals surface area contributed by atoms with Crippen molar-refractivity contribution in [3.63, 3.8) is 0 Å².